The smallest absolute Gasteiger partial charge is 0.286 e. The Hall–Kier alpha value is -2.97. The van der Waals surface area contributed by atoms with Crippen LogP contribution in [-0.4, -0.2) is 63.4 Å². The summed E-state index contributed by atoms with van der Waals surface area (Å²) >= 11 is 2.24. The molecule has 4 rings (SSSR count). The molecule has 0 fully saturated rings. The van der Waals surface area contributed by atoms with Crippen molar-refractivity contribution in [1.82, 2.24) is 9.62 Å². The highest BCUT2D eigenvalue weighted by Crippen LogP contribution is 2.32. The molecule has 11 heteroatoms. The molecule has 1 aliphatic heterocycles. The summed E-state index contributed by atoms with van der Waals surface area (Å²) in [5.41, 5.74) is 1.97. The van der Waals surface area contributed by atoms with Gasteiger partial charge in [0.05, 0.1) is 25.2 Å². The maximum atomic E-state index is 13.2. The minimum absolute atomic E-state index is 0.00161. The monoisotopic (exact) mass is 692 g/mol. The summed E-state index contributed by atoms with van der Waals surface area (Å²) in [5.74, 6) is 0.190. The SMILES string of the molecule is COc1ccc(S(=O)(=O)N(CCO)CCO[C@H]2C[C@@H](c3ccc(I)cc3)C=C(C(=O)NCc3ccccc3)O2)cc1. The molecule has 9 nitrogen and oxygen atoms in total. The number of rotatable bonds is 13. The molecule has 0 bridgehead atoms. The van der Waals surface area contributed by atoms with Crippen LogP contribution in [0, 0.1) is 3.57 Å². The number of methoxy groups -OCH3 is 1. The van der Waals surface area contributed by atoms with Gasteiger partial charge in [-0.15, -0.1) is 0 Å². The lowest BCUT2D eigenvalue weighted by Gasteiger charge is -2.30. The summed E-state index contributed by atoms with van der Waals surface area (Å²) in [6.07, 6.45) is 1.47. The molecular weight excluding hydrogens is 659 g/mol. The molecule has 41 heavy (non-hydrogen) atoms. The van der Waals surface area contributed by atoms with Gasteiger partial charge in [-0.25, -0.2) is 8.42 Å². The van der Waals surface area contributed by atoms with Crippen molar-refractivity contribution >= 4 is 38.5 Å². The molecule has 0 saturated carbocycles. The lowest BCUT2D eigenvalue weighted by Crippen LogP contribution is -2.38. The predicted molar refractivity (Wildman–Crippen MR) is 163 cm³/mol. The molecule has 0 unspecified atom stereocenters. The largest absolute Gasteiger partial charge is 0.497 e. The Balaban J connectivity index is 1.44. The van der Waals surface area contributed by atoms with E-state index in [2.05, 4.69) is 27.9 Å². The number of ether oxygens (including phenoxy) is 3. The number of hydrogen-bond donors (Lipinski definition) is 2. The first-order chi connectivity index (χ1) is 19.8. The molecule has 2 atom stereocenters. The second-order valence-corrected chi connectivity index (χ2v) is 12.5. The van der Waals surface area contributed by atoms with Gasteiger partial charge in [-0.05, 0) is 76.2 Å². The zero-order valence-corrected chi connectivity index (χ0v) is 25.6. The summed E-state index contributed by atoms with van der Waals surface area (Å²) in [6.45, 7) is -0.111. The van der Waals surface area contributed by atoms with Crippen LogP contribution in [0.3, 0.4) is 0 Å². The number of aliphatic hydroxyl groups is 1. The third-order valence-corrected chi connectivity index (χ3v) is 9.20. The summed E-state index contributed by atoms with van der Waals surface area (Å²) < 4.78 is 45.8. The molecule has 3 aromatic carbocycles. The van der Waals surface area contributed by atoms with Gasteiger partial charge >= 0.3 is 0 Å². The van der Waals surface area contributed by atoms with Crippen molar-refractivity contribution < 1.29 is 32.5 Å². The van der Waals surface area contributed by atoms with Crippen LogP contribution in [0.15, 0.2) is 95.6 Å². The highest BCUT2D eigenvalue weighted by atomic mass is 127. The molecule has 0 aromatic heterocycles. The van der Waals surface area contributed by atoms with Gasteiger partial charge in [0.2, 0.25) is 16.3 Å². The second kappa shape index (κ2) is 14.8. The Labute approximate surface area is 254 Å². The molecule has 1 heterocycles. The Morgan fingerprint density at radius 1 is 1.05 bits per heavy atom. The van der Waals surface area contributed by atoms with Crippen LogP contribution in [0.25, 0.3) is 0 Å². The van der Waals surface area contributed by atoms with Gasteiger partial charge in [0, 0.05) is 35.5 Å². The van der Waals surface area contributed by atoms with Crippen molar-refractivity contribution in [1.29, 1.82) is 0 Å². The van der Waals surface area contributed by atoms with Crippen LogP contribution in [-0.2, 0) is 30.8 Å². The van der Waals surface area contributed by atoms with E-state index in [0.29, 0.717) is 18.7 Å². The van der Waals surface area contributed by atoms with E-state index >= 15 is 0 Å². The van der Waals surface area contributed by atoms with Crippen LogP contribution in [0.4, 0.5) is 0 Å². The third kappa shape index (κ3) is 8.52. The standard InChI is InChI=1S/C30H33IN2O7S/c1-38-26-11-13-27(14-12-26)41(36,37)33(15-17-34)16-18-39-29-20-24(23-7-9-25(31)10-8-23)19-28(40-29)30(35)32-21-22-5-3-2-4-6-22/h2-14,19,24,29,34H,15-18,20-21H2,1H3,(H,32,35)/t24-,29+/m0/s1. The van der Waals surface area contributed by atoms with Crippen molar-refractivity contribution in [2.75, 3.05) is 33.4 Å². The molecule has 0 aliphatic carbocycles. The topological polar surface area (TPSA) is 114 Å². The van der Waals surface area contributed by atoms with E-state index in [-0.39, 0.29) is 48.8 Å². The summed E-state index contributed by atoms with van der Waals surface area (Å²) in [5, 5.41) is 12.4. The lowest BCUT2D eigenvalue weighted by molar-refractivity contribution is -0.146. The number of nitrogens with zero attached hydrogens (tertiary/aromatic N) is 1. The lowest BCUT2D eigenvalue weighted by atomic mass is 9.93. The normalized spacial score (nSPS) is 17.0. The van der Waals surface area contributed by atoms with Gasteiger partial charge in [-0.1, -0.05) is 42.5 Å². The number of nitrogens with one attached hydrogen (secondary N) is 1. The molecule has 1 amide bonds. The maximum absolute atomic E-state index is 13.2. The van der Waals surface area contributed by atoms with Gasteiger partial charge in [0.15, 0.2) is 5.76 Å². The Morgan fingerprint density at radius 3 is 2.41 bits per heavy atom. The number of allylic oxidation sites excluding steroid dienone is 1. The predicted octanol–water partition coefficient (Wildman–Crippen LogP) is 4.03. The van der Waals surface area contributed by atoms with E-state index in [4.69, 9.17) is 14.2 Å². The number of hydrogen-bond acceptors (Lipinski definition) is 7. The number of halogens is 1. The van der Waals surface area contributed by atoms with Gasteiger partial charge < -0.3 is 24.6 Å². The van der Waals surface area contributed by atoms with Gasteiger partial charge in [-0.2, -0.15) is 4.31 Å². The number of aliphatic hydroxyl groups excluding tert-OH is 1. The summed E-state index contributed by atoms with van der Waals surface area (Å²) in [7, 11) is -2.38. The van der Waals surface area contributed by atoms with E-state index < -0.39 is 16.3 Å². The quantitative estimate of drug-likeness (QED) is 0.260. The first-order valence-corrected chi connectivity index (χ1v) is 15.6. The fraction of sp³-hybridized carbons (Fsp3) is 0.300. The van der Waals surface area contributed by atoms with Crippen molar-refractivity contribution in [3.05, 3.63) is 105 Å². The van der Waals surface area contributed by atoms with Crippen molar-refractivity contribution in [3.8, 4) is 5.75 Å². The molecule has 0 radical (unpaired) electrons. The first kappa shape index (κ1) is 31.0. The van der Waals surface area contributed by atoms with Gasteiger partial charge in [0.25, 0.3) is 5.91 Å². The highest BCUT2D eigenvalue weighted by molar-refractivity contribution is 14.1. The van der Waals surface area contributed by atoms with Crippen LogP contribution < -0.4 is 10.1 Å². The summed E-state index contributed by atoms with van der Waals surface area (Å²) in [6, 6.07) is 23.6. The molecule has 1 aliphatic rings. The average molecular weight is 693 g/mol. The zero-order chi connectivity index (χ0) is 29.2. The first-order valence-electron chi connectivity index (χ1n) is 13.1. The Kier molecular flexibility index (Phi) is 11.2. The number of carbonyl (C=O) groups is 1. The van der Waals surface area contributed by atoms with E-state index in [1.165, 1.54) is 19.2 Å². The van der Waals surface area contributed by atoms with Crippen LogP contribution in [0.5, 0.6) is 5.75 Å². The third-order valence-electron chi connectivity index (χ3n) is 6.57. The Morgan fingerprint density at radius 2 is 1.76 bits per heavy atom. The summed E-state index contributed by atoms with van der Waals surface area (Å²) in [4.78, 5) is 13.1. The molecular formula is C30H33IN2O7S. The van der Waals surface area contributed by atoms with Crippen molar-refractivity contribution in [2.24, 2.45) is 0 Å². The Bertz CT molecular complexity index is 1420. The fourth-order valence-corrected chi connectivity index (χ4v) is 6.15. The van der Waals surface area contributed by atoms with Crippen molar-refractivity contribution in [3.63, 3.8) is 0 Å². The molecule has 0 saturated heterocycles. The van der Waals surface area contributed by atoms with E-state index in [9.17, 15) is 18.3 Å². The molecule has 218 valence electrons. The number of carbonyl (C=O) groups excluding carboxylic acids is 1. The highest BCUT2D eigenvalue weighted by Gasteiger charge is 2.30. The minimum atomic E-state index is -3.89. The number of sulfonamides is 1. The van der Waals surface area contributed by atoms with E-state index in [1.807, 2.05) is 54.6 Å². The number of benzene rings is 3. The maximum Gasteiger partial charge on any atom is 0.286 e. The van der Waals surface area contributed by atoms with E-state index in [0.717, 1.165) is 19.0 Å². The van der Waals surface area contributed by atoms with E-state index in [1.54, 1.807) is 18.2 Å². The fourth-order valence-electron chi connectivity index (χ4n) is 4.37. The van der Waals surface area contributed by atoms with Gasteiger partial charge in [-0.3, -0.25) is 4.79 Å². The number of amides is 1. The van der Waals surface area contributed by atoms with Gasteiger partial charge in [0.1, 0.15) is 5.75 Å². The molecule has 0 spiro atoms. The molecule has 2 N–H and O–H groups in total. The second-order valence-electron chi connectivity index (χ2n) is 9.31. The molecule has 3 aromatic rings. The average Bonchev–Trinajstić information content (AvgIpc) is 3.00. The van der Waals surface area contributed by atoms with Crippen LogP contribution in [0.2, 0.25) is 0 Å². The zero-order valence-electron chi connectivity index (χ0n) is 22.6. The minimum Gasteiger partial charge on any atom is -0.497 e. The van der Waals surface area contributed by atoms with Crippen LogP contribution >= 0.6 is 22.6 Å². The van der Waals surface area contributed by atoms with Crippen LogP contribution in [0.1, 0.15) is 23.5 Å². The van der Waals surface area contributed by atoms with Crippen molar-refractivity contribution in [2.45, 2.75) is 30.1 Å².